The standard InChI is InChI=1S/C19H14F4N4O2/c1-25-14(7-16(24)19(21,22)23)15-6-10(13(20)8-26-15)9-27-17(28)11-4-2-3-5-12(11)18(27)29/h2-8,24-25H,9H2,1H3/b14-7-,24-16?. The molecule has 0 spiro atoms. The zero-order chi connectivity index (χ0) is 21.3. The number of fused-ring (bicyclic) bond motifs is 1. The van der Waals surface area contributed by atoms with E-state index in [0.29, 0.717) is 6.08 Å². The second kappa shape index (κ2) is 7.46. The van der Waals surface area contributed by atoms with Crippen LogP contribution in [0, 0.1) is 11.2 Å². The molecule has 2 amide bonds. The summed E-state index contributed by atoms with van der Waals surface area (Å²) in [5, 5.41) is 9.57. The van der Waals surface area contributed by atoms with Crippen molar-refractivity contribution < 1.29 is 27.2 Å². The van der Waals surface area contributed by atoms with Crippen LogP contribution in [0.1, 0.15) is 32.0 Å². The van der Waals surface area contributed by atoms with Gasteiger partial charge in [-0.25, -0.2) is 4.39 Å². The second-order valence-electron chi connectivity index (χ2n) is 6.12. The highest BCUT2D eigenvalue weighted by molar-refractivity contribution is 6.21. The molecular weight excluding hydrogens is 392 g/mol. The molecule has 0 fully saturated rings. The molecule has 10 heteroatoms. The molecule has 1 aliphatic rings. The van der Waals surface area contributed by atoms with E-state index < -0.39 is 36.1 Å². The molecule has 2 aromatic rings. The Morgan fingerprint density at radius 3 is 2.31 bits per heavy atom. The van der Waals surface area contributed by atoms with Gasteiger partial charge in [-0.3, -0.25) is 24.9 Å². The number of nitrogens with zero attached hydrogens (tertiary/aromatic N) is 2. The number of aromatic nitrogens is 1. The monoisotopic (exact) mass is 406 g/mol. The highest BCUT2D eigenvalue weighted by atomic mass is 19.4. The summed E-state index contributed by atoms with van der Waals surface area (Å²) < 4.78 is 52.1. The lowest BCUT2D eigenvalue weighted by molar-refractivity contribution is -0.0584. The van der Waals surface area contributed by atoms with E-state index in [0.717, 1.165) is 17.2 Å². The van der Waals surface area contributed by atoms with E-state index in [9.17, 15) is 27.2 Å². The number of carbonyl (C=O) groups is 2. The van der Waals surface area contributed by atoms with Crippen molar-refractivity contribution in [2.75, 3.05) is 7.05 Å². The Labute approximate surface area is 162 Å². The average molecular weight is 406 g/mol. The number of benzene rings is 1. The fourth-order valence-corrected chi connectivity index (χ4v) is 2.80. The van der Waals surface area contributed by atoms with Crippen molar-refractivity contribution in [1.82, 2.24) is 15.2 Å². The predicted molar refractivity (Wildman–Crippen MR) is 95.7 cm³/mol. The highest BCUT2D eigenvalue weighted by Gasteiger charge is 2.36. The van der Waals surface area contributed by atoms with E-state index in [1.807, 2.05) is 0 Å². The molecule has 29 heavy (non-hydrogen) atoms. The summed E-state index contributed by atoms with van der Waals surface area (Å²) in [6.45, 7) is -0.415. The van der Waals surface area contributed by atoms with Crippen LogP contribution in [0.25, 0.3) is 5.70 Å². The number of amides is 2. The summed E-state index contributed by atoms with van der Waals surface area (Å²) in [6.07, 6.45) is -3.55. The van der Waals surface area contributed by atoms with Gasteiger partial charge in [0.1, 0.15) is 11.5 Å². The van der Waals surface area contributed by atoms with Gasteiger partial charge in [0, 0.05) is 12.6 Å². The number of halogens is 4. The first-order valence-electron chi connectivity index (χ1n) is 8.28. The molecule has 0 saturated carbocycles. The summed E-state index contributed by atoms with van der Waals surface area (Å²) in [5.41, 5.74) is -1.58. The maximum Gasteiger partial charge on any atom is 0.432 e. The van der Waals surface area contributed by atoms with Gasteiger partial charge < -0.3 is 5.32 Å². The van der Waals surface area contributed by atoms with Crippen LogP contribution in [0.3, 0.4) is 0 Å². The van der Waals surface area contributed by atoms with Gasteiger partial charge in [0.15, 0.2) is 0 Å². The molecule has 0 unspecified atom stereocenters. The first kappa shape index (κ1) is 20.2. The lowest BCUT2D eigenvalue weighted by Crippen LogP contribution is -2.29. The van der Waals surface area contributed by atoms with E-state index >= 15 is 0 Å². The van der Waals surface area contributed by atoms with Crippen molar-refractivity contribution >= 4 is 23.2 Å². The molecule has 1 aromatic heterocycles. The van der Waals surface area contributed by atoms with Crippen LogP contribution < -0.4 is 5.32 Å². The van der Waals surface area contributed by atoms with Gasteiger partial charge in [-0.2, -0.15) is 13.2 Å². The number of pyridine rings is 1. The van der Waals surface area contributed by atoms with Crippen LogP contribution in [-0.2, 0) is 6.54 Å². The number of alkyl halides is 3. The van der Waals surface area contributed by atoms with Crippen LogP contribution in [0.2, 0.25) is 0 Å². The minimum Gasteiger partial charge on any atom is -0.386 e. The Hall–Kier alpha value is -3.56. The number of allylic oxidation sites excluding steroid dienone is 1. The molecule has 3 rings (SSSR count). The quantitative estimate of drug-likeness (QED) is 0.454. The highest BCUT2D eigenvalue weighted by Crippen LogP contribution is 2.26. The molecule has 1 aromatic carbocycles. The fourth-order valence-electron chi connectivity index (χ4n) is 2.80. The van der Waals surface area contributed by atoms with E-state index in [1.54, 1.807) is 12.1 Å². The molecule has 2 N–H and O–H groups in total. The Bertz CT molecular complexity index is 1010. The minimum absolute atomic E-state index is 0.0745. The number of hydrogen-bond donors (Lipinski definition) is 2. The van der Waals surface area contributed by atoms with Gasteiger partial charge in [0.2, 0.25) is 0 Å². The largest absolute Gasteiger partial charge is 0.432 e. The topological polar surface area (TPSA) is 86.2 Å². The molecule has 0 bridgehead atoms. The molecular formula is C19H14F4N4O2. The third-order valence-corrected chi connectivity index (χ3v) is 4.28. The van der Waals surface area contributed by atoms with Crippen LogP contribution in [0.15, 0.2) is 42.6 Å². The predicted octanol–water partition coefficient (Wildman–Crippen LogP) is 3.16. The molecule has 6 nitrogen and oxygen atoms in total. The summed E-state index contributed by atoms with van der Waals surface area (Å²) >= 11 is 0. The first-order chi connectivity index (χ1) is 13.6. The maximum atomic E-state index is 14.3. The number of imide groups is 1. The van der Waals surface area contributed by atoms with Crippen molar-refractivity contribution in [3.05, 3.63) is 70.8 Å². The van der Waals surface area contributed by atoms with Crippen LogP contribution in [-0.4, -0.2) is 40.6 Å². The molecule has 1 aliphatic heterocycles. The summed E-state index contributed by atoms with van der Waals surface area (Å²) in [4.78, 5) is 29.5. The minimum atomic E-state index is -4.86. The van der Waals surface area contributed by atoms with Crippen molar-refractivity contribution in [3.8, 4) is 0 Å². The van der Waals surface area contributed by atoms with Gasteiger partial charge >= 0.3 is 6.18 Å². The fraction of sp³-hybridized carbons (Fsp3) is 0.158. The maximum absolute atomic E-state index is 14.3. The lowest BCUT2D eigenvalue weighted by atomic mass is 10.1. The number of nitrogens with one attached hydrogen (secondary N) is 2. The molecule has 0 aliphatic carbocycles. The normalized spacial score (nSPS) is 14.2. The van der Waals surface area contributed by atoms with Crippen molar-refractivity contribution in [2.45, 2.75) is 12.7 Å². The smallest absolute Gasteiger partial charge is 0.386 e. The van der Waals surface area contributed by atoms with Gasteiger partial charge in [-0.05, 0) is 24.3 Å². The Balaban J connectivity index is 1.93. The average Bonchev–Trinajstić information content (AvgIpc) is 2.92. The molecule has 0 atom stereocenters. The summed E-state index contributed by atoms with van der Waals surface area (Å²) in [5.74, 6) is -2.01. The molecule has 2 heterocycles. The summed E-state index contributed by atoms with van der Waals surface area (Å²) in [7, 11) is 1.32. The van der Waals surface area contributed by atoms with Gasteiger partial charge in [-0.15, -0.1) is 0 Å². The molecule has 150 valence electrons. The van der Waals surface area contributed by atoms with Gasteiger partial charge in [0.05, 0.1) is 35.3 Å². The van der Waals surface area contributed by atoms with Crippen molar-refractivity contribution in [2.24, 2.45) is 0 Å². The number of rotatable bonds is 5. The summed E-state index contributed by atoms with van der Waals surface area (Å²) in [6, 6.07) is 7.28. The van der Waals surface area contributed by atoms with Crippen LogP contribution >= 0.6 is 0 Å². The Morgan fingerprint density at radius 1 is 1.21 bits per heavy atom. The molecule has 0 radical (unpaired) electrons. The first-order valence-corrected chi connectivity index (χ1v) is 8.28. The van der Waals surface area contributed by atoms with Crippen LogP contribution in [0.5, 0.6) is 0 Å². The van der Waals surface area contributed by atoms with Gasteiger partial charge in [0.25, 0.3) is 11.8 Å². The lowest BCUT2D eigenvalue weighted by Gasteiger charge is -2.16. The molecule has 0 saturated heterocycles. The van der Waals surface area contributed by atoms with Crippen molar-refractivity contribution in [1.29, 1.82) is 5.41 Å². The number of carbonyl (C=O) groups excluding carboxylic acids is 2. The number of hydrogen-bond acceptors (Lipinski definition) is 5. The van der Waals surface area contributed by atoms with Crippen molar-refractivity contribution in [3.63, 3.8) is 0 Å². The third-order valence-electron chi connectivity index (χ3n) is 4.28. The van der Waals surface area contributed by atoms with E-state index in [-0.39, 0.29) is 28.1 Å². The SMILES string of the molecule is CN/C(=C\C(=N)C(F)(F)F)c1cc(CN2C(=O)c3ccccc3C2=O)c(F)cn1. The third kappa shape index (κ3) is 3.86. The zero-order valence-corrected chi connectivity index (χ0v) is 15.0. The zero-order valence-electron chi connectivity index (χ0n) is 15.0. The van der Waals surface area contributed by atoms with E-state index in [1.165, 1.54) is 19.2 Å². The Morgan fingerprint density at radius 2 is 1.79 bits per heavy atom. The van der Waals surface area contributed by atoms with E-state index in [4.69, 9.17) is 5.41 Å². The second-order valence-corrected chi connectivity index (χ2v) is 6.12. The van der Waals surface area contributed by atoms with Crippen LogP contribution in [0.4, 0.5) is 17.6 Å². The van der Waals surface area contributed by atoms with Gasteiger partial charge in [-0.1, -0.05) is 12.1 Å². The Kier molecular flexibility index (Phi) is 5.19. The van der Waals surface area contributed by atoms with E-state index in [2.05, 4.69) is 10.3 Å².